The Morgan fingerprint density at radius 3 is 2.50 bits per heavy atom. The summed E-state index contributed by atoms with van der Waals surface area (Å²) in [5.41, 5.74) is 4.84. The largest absolute Gasteiger partial charge is 0.496 e. The number of carbonyl (C=O) groups is 1. The summed E-state index contributed by atoms with van der Waals surface area (Å²) in [5, 5.41) is 0. The smallest absolute Gasteiger partial charge is 0.254 e. The van der Waals surface area contributed by atoms with Gasteiger partial charge in [0.15, 0.2) is 0 Å². The van der Waals surface area contributed by atoms with Gasteiger partial charge in [-0.05, 0) is 74.3 Å². The van der Waals surface area contributed by atoms with E-state index < -0.39 is 0 Å². The SMILES string of the molecule is COc1cccc2c1CCN(CC1CC3CCC(C1)N3C(=O)c1ccc(C)cc1)C2. The molecular weight excluding hydrogens is 372 g/mol. The van der Waals surface area contributed by atoms with Gasteiger partial charge in [-0.15, -0.1) is 0 Å². The molecule has 4 nitrogen and oxygen atoms in total. The molecule has 2 saturated heterocycles. The van der Waals surface area contributed by atoms with Crippen molar-refractivity contribution in [1.29, 1.82) is 0 Å². The first-order valence-electron chi connectivity index (χ1n) is 11.4. The fourth-order valence-corrected chi connectivity index (χ4v) is 5.96. The molecule has 2 fully saturated rings. The monoisotopic (exact) mass is 404 g/mol. The Morgan fingerprint density at radius 2 is 1.80 bits per heavy atom. The van der Waals surface area contributed by atoms with E-state index in [2.05, 4.69) is 34.9 Å². The van der Waals surface area contributed by atoms with Crippen molar-refractivity contribution in [3.63, 3.8) is 0 Å². The summed E-state index contributed by atoms with van der Waals surface area (Å²) < 4.78 is 5.56. The molecule has 0 N–H and O–H groups in total. The van der Waals surface area contributed by atoms with Gasteiger partial charge < -0.3 is 9.64 Å². The van der Waals surface area contributed by atoms with E-state index >= 15 is 0 Å². The standard InChI is InChI=1S/C26H32N2O2/c1-18-6-8-20(9-7-18)26(29)28-22-10-11-23(28)15-19(14-22)16-27-13-12-24-21(17-27)4-3-5-25(24)30-2/h3-9,19,22-23H,10-17H2,1-2H3. The van der Waals surface area contributed by atoms with Crippen LogP contribution in [-0.4, -0.2) is 48.0 Å². The van der Waals surface area contributed by atoms with Crippen molar-refractivity contribution in [2.75, 3.05) is 20.2 Å². The summed E-state index contributed by atoms with van der Waals surface area (Å²) >= 11 is 0. The van der Waals surface area contributed by atoms with Gasteiger partial charge in [-0.2, -0.15) is 0 Å². The van der Waals surface area contributed by atoms with Crippen LogP contribution in [0.4, 0.5) is 0 Å². The molecule has 5 rings (SSSR count). The second kappa shape index (κ2) is 8.07. The normalized spacial score (nSPS) is 25.8. The molecule has 0 radical (unpaired) electrons. The highest BCUT2D eigenvalue weighted by molar-refractivity contribution is 5.95. The highest BCUT2D eigenvalue weighted by Gasteiger charge is 2.43. The number of rotatable bonds is 4. The Labute approximate surface area is 179 Å². The Kier molecular flexibility index (Phi) is 5.28. The first kappa shape index (κ1) is 19.6. The van der Waals surface area contributed by atoms with E-state index in [1.165, 1.54) is 29.5 Å². The van der Waals surface area contributed by atoms with E-state index in [9.17, 15) is 4.79 Å². The van der Waals surface area contributed by atoms with Crippen molar-refractivity contribution in [1.82, 2.24) is 9.80 Å². The van der Waals surface area contributed by atoms with E-state index in [4.69, 9.17) is 4.74 Å². The van der Waals surface area contributed by atoms with E-state index in [0.29, 0.717) is 18.0 Å². The highest BCUT2D eigenvalue weighted by Crippen LogP contribution is 2.40. The zero-order chi connectivity index (χ0) is 20.7. The number of nitrogens with zero attached hydrogens (tertiary/aromatic N) is 2. The van der Waals surface area contributed by atoms with Crippen molar-refractivity contribution >= 4 is 5.91 Å². The number of carbonyl (C=O) groups excluding carboxylic acids is 1. The fourth-order valence-electron chi connectivity index (χ4n) is 5.96. The number of aryl methyl sites for hydroxylation is 1. The third-order valence-corrected chi connectivity index (χ3v) is 7.40. The van der Waals surface area contributed by atoms with E-state index in [1.54, 1.807) is 7.11 Å². The molecule has 2 aromatic carbocycles. The van der Waals surface area contributed by atoms with E-state index in [0.717, 1.165) is 50.2 Å². The van der Waals surface area contributed by atoms with Crippen molar-refractivity contribution in [3.8, 4) is 5.75 Å². The van der Waals surface area contributed by atoms with Crippen LogP contribution >= 0.6 is 0 Å². The van der Waals surface area contributed by atoms with Crippen LogP contribution in [0.2, 0.25) is 0 Å². The number of methoxy groups -OCH3 is 1. The summed E-state index contributed by atoms with van der Waals surface area (Å²) in [7, 11) is 1.77. The molecule has 1 amide bonds. The Hall–Kier alpha value is -2.33. The summed E-state index contributed by atoms with van der Waals surface area (Å²) in [5.74, 6) is 1.96. The van der Waals surface area contributed by atoms with Crippen LogP contribution in [-0.2, 0) is 13.0 Å². The number of hydrogen-bond acceptors (Lipinski definition) is 3. The maximum Gasteiger partial charge on any atom is 0.254 e. The van der Waals surface area contributed by atoms with Gasteiger partial charge in [0.2, 0.25) is 0 Å². The fraction of sp³-hybridized carbons (Fsp3) is 0.500. The minimum atomic E-state index is 0.236. The van der Waals surface area contributed by atoms with Crippen LogP contribution in [0.3, 0.4) is 0 Å². The highest BCUT2D eigenvalue weighted by atomic mass is 16.5. The molecule has 0 aliphatic carbocycles. The third-order valence-electron chi connectivity index (χ3n) is 7.40. The molecule has 158 valence electrons. The predicted octanol–water partition coefficient (Wildman–Crippen LogP) is 4.45. The quantitative estimate of drug-likeness (QED) is 0.755. The van der Waals surface area contributed by atoms with Crippen molar-refractivity contribution in [3.05, 3.63) is 64.7 Å². The molecule has 30 heavy (non-hydrogen) atoms. The number of benzene rings is 2. The van der Waals surface area contributed by atoms with Crippen molar-refractivity contribution < 1.29 is 9.53 Å². The van der Waals surface area contributed by atoms with Gasteiger partial charge >= 0.3 is 0 Å². The minimum absolute atomic E-state index is 0.236. The van der Waals surface area contributed by atoms with Gasteiger partial charge in [0, 0.05) is 37.3 Å². The molecule has 3 heterocycles. The molecule has 3 aliphatic heterocycles. The average molecular weight is 405 g/mol. The van der Waals surface area contributed by atoms with Gasteiger partial charge in [0.1, 0.15) is 5.75 Å². The lowest BCUT2D eigenvalue weighted by molar-refractivity contribution is 0.0475. The van der Waals surface area contributed by atoms with Gasteiger partial charge in [0.05, 0.1) is 7.11 Å². The summed E-state index contributed by atoms with van der Waals surface area (Å²) in [4.78, 5) is 18.0. The maximum atomic E-state index is 13.2. The van der Waals surface area contributed by atoms with Gasteiger partial charge in [-0.3, -0.25) is 9.69 Å². The van der Waals surface area contributed by atoms with Gasteiger partial charge in [0.25, 0.3) is 5.91 Å². The molecule has 2 atom stereocenters. The second-order valence-corrected chi connectivity index (χ2v) is 9.38. The molecule has 0 spiro atoms. The molecule has 2 aromatic rings. The van der Waals surface area contributed by atoms with Gasteiger partial charge in [-0.1, -0.05) is 29.8 Å². The molecular formula is C26H32N2O2. The number of amides is 1. The number of piperidine rings is 1. The van der Waals surface area contributed by atoms with Crippen LogP contribution < -0.4 is 4.74 Å². The zero-order valence-corrected chi connectivity index (χ0v) is 18.1. The first-order valence-corrected chi connectivity index (χ1v) is 11.4. The minimum Gasteiger partial charge on any atom is -0.496 e. The lowest BCUT2D eigenvalue weighted by atomic mass is 9.88. The topological polar surface area (TPSA) is 32.8 Å². The lowest BCUT2D eigenvalue weighted by Gasteiger charge is -2.41. The van der Waals surface area contributed by atoms with Crippen LogP contribution in [0.15, 0.2) is 42.5 Å². The van der Waals surface area contributed by atoms with Crippen LogP contribution in [0, 0.1) is 12.8 Å². The molecule has 2 bridgehead atoms. The Morgan fingerprint density at radius 1 is 1.07 bits per heavy atom. The lowest BCUT2D eigenvalue weighted by Crippen LogP contribution is -2.48. The number of fused-ring (bicyclic) bond motifs is 3. The Bertz CT molecular complexity index is 909. The summed E-state index contributed by atoms with van der Waals surface area (Å²) in [6.45, 7) is 5.34. The molecule has 3 aliphatic rings. The van der Waals surface area contributed by atoms with Crippen LogP contribution in [0.1, 0.15) is 52.7 Å². The maximum absolute atomic E-state index is 13.2. The molecule has 2 unspecified atom stereocenters. The second-order valence-electron chi connectivity index (χ2n) is 9.38. The van der Waals surface area contributed by atoms with Crippen LogP contribution in [0.25, 0.3) is 0 Å². The third kappa shape index (κ3) is 3.62. The average Bonchev–Trinajstić information content (AvgIpc) is 3.03. The summed E-state index contributed by atoms with van der Waals surface area (Å²) in [6.07, 6.45) is 5.69. The van der Waals surface area contributed by atoms with Crippen molar-refractivity contribution in [2.45, 2.75) is 57.7 Å². The molecule has 0 aromatic heterocycles. The Balaban J connectivity index is 1.23. The van der Waals surface area contributed by atoms with Crippen LogP contribution in [0.5, 0.6) is 5.75 Å². The number of ether oxygens (including phenoxy) is 1. The molecule has 0 saturated carbocycles. The zero-order valence-electron chi connectivity index (χ0n) is 18.1. The van der Waals surface area contributed by atoms with E-state index in [-0.39, 0.29) is 5.91 Å². The van der Waals surface area contributed by atoms with Gasteiger partial charge in [-0.25, -0.2) is 0 Å². The predicted molar refractivity (Wildman–Crippen MR) is 119 cm³/mol. The van der Waals surface area contributed by atoms with Crippen molar-refractivity contribution in [2.24, 2.45) is 5.92 Å². The number of hydrogen-bond donors (Lipinski definition) is 0. The first-order chi connectivity index (χ1) is 14.6. The van der Waals surface area contributed by atoms with E-state index in [1.807, 2.05) is 24.3 Å². The molecule has 4 heteroatoms. The summed E-state index contributed by atoms with van der Waals surface area (Å²) in [6, 6.07) is 15.3.